The minimum Gasteiger partial charge on any atom is -0.371 e. The highest BCUT2D eigenvalue weighted by molar-refractivity contribution is 9.10. The van der Waals surface area contributed by atoms with E-state index in [0.717, 1.165) is 4.47 Å². The zero-order valence-electron chi connectivity index (χ0n) is 11.0. The van der Waals surface area contributed by atoms with Crippen LogP contribution in [0.5, 0.6) is 0 Å². The third kappa shape index (κ3) is 3.42. The molecule has 1 fully saturated rings. The van der Waals surface area contributed by atoms with E-state index in [1.165, 1.54) is 49.8 Å². The van der Waals surface area contributed by atoms with E-state index in [-0.39, 0.29) is 0 Å². The number of halogens is 2. The third-order valence-corrected chi connectivity index (χ3v) is 4.72. The van der Waals surface area contributed by atoms with Gasteiger partial charge in [0.2, 0.25) is 0 Å². The molecule has 100 valence electrons. The van der Waals surface area contributed by atoms with Crippen molar-refractivity contribution < 1.29 is 0 Å². The summed E-state index contributed by atoms with van der Waals surface area (Å²) >= 11 is 9.62. The lowest BCUT2D eigenvalue weighted by Gasteiger charge is -2.31. The molecule has 1 aliphatic rings. The fourth-order valence-electron chi connectivity index (χ4n) is 2.82. The molecule has 0 heterocycles. The Labute approximate surface area is 124 Å². The number of benzene rings is 1. The fraction of sp³-hybridized carbons (Fsp3) is 0.600. The van der Waals surface area contributed by atoms with Crippen LogP contribution in [0, 0.1) is 0 Å². The van der Waals surface area contributed by atoms with E-state index >= 15 is 0 Å². The monoisotopic (exact) mass is 329 g/mol. The van der Waals surface area contributed by atoms with Gasteiger partial charge in [0.1, 0.15) is 0 Å². The van der Waals surface area contributed by atoms with Gasteiger partial charge in [-0.25, -0.2) is 0 Å². The number of hydrogen-bond acceptors (Lipinski definition) is 1. The molecule has 0 aromatic heterocycles. The standard InChI is InChI=1S/C15H21BrClN/c1-18(14-6-4-2-3-5-7-14)15-10-13(16)9-8-12(15)11-17/h8-10,14H,2-7,11H2,1H3. The van der Waals surface area contributed by atoms with Crippen molar-refractivity contribution in [2.24, 2.45) is 0 Å². The van der Waals surface area contributed by atoms with Gasteiger partial charge in [-0.15, -0.1) is 11.6 Å². The van der Waals surface area contributed by atoms with Gasteiger partial charge < -0.3 is 4.90 Å². The average Bonchev–Trinajstić information content (AvgIpc) is 2.66. The van der Waals surface area contributed by atoms with E-state index < -0.39 is 0 Å². The molecule has 0 unspecified atom stereocenters. The number of hydrogen-bond donors (Lipinski definition) is 0. The molecule has 0 aliphatic heterocycles. The first-order valence-corrected chi connectivity index (χ1v) is 8.12. The largest absolute Gasteiger partial charge is 0.371 e. The van der Waals surface area contributed by atoms with E-state index in [1.54, 1.807) is 0 Å². The molecule has 0 bridgehead atoms. The lowest BCUT2D eigenvalue weighted by Crippen LogP contribution is -2.31. The Morgan fingerprint density at radius 2 is 1.89 bits per heavy atom. The fourth-order valence-corrected chi connectivity index (χ4v) is 3.40. The van der Waals surface area contributed by atoms with Gasteiger partial charge in [-0.1, -0.05) is 47.7 Å². The maximum Gasteiger partial charge on any atom is 0.0494 e. The summed E-state index contributed by atoms with van der Waals surface area (Å²) in [6, 6.07) is 7.06. The second-order valence-electron chi connectivity index (χ2n) is 5.16. The molecule has 0 spiro atoms. The number of rotatable bonds is 3. The van der Waals surface area contributed by atoms with Gasteiger partial charge in [0.15, 0.2) is 0 Å². The molecule has 0 amide bonds. The Bertz CT molecular complexity index is 386. The summed E-state index contributed by atoms with van der Waals surface area (Å²) in [7, 11) is 2.22. The maximum atomic E-state index is 6.06. The van der Waals surface area contributed by atoms with Gasteiger partial charge in [0, 0.05) is 29.1 Å². The molecule has 3 heteroatoms. The first-order valence-electron chi connectivity index (χ1n) is 6.79. The van der Waals surface area contributed by atoms with E-state index in [0.29, 0.717) is 11.9 Å². The van der Waals surface area contributed by atoms with Crippen LogP contribution < -0.4 is 4.90 Å². The summed E-state index contributed by atoms with van der Waals surface area (Å²) in [6.07, 6.45) is 8.13. The molecule has 18 heavy (non-hydrogen) atoms. The Morgan fingerprint density at radius 3 is 2.50 bits per heavy atom. The Morgan fingerprint density at radius 1 is 1.22 bits per heavy atom. The van der Waals surface area contributed by atoms with Crippen LogP contribution in [0.4, 0.5) is 5.69 Å². The Hall–Kier alpha value is -0.210. The smallest absolute Gasteiger partial charge is 0.0494 e. The van der Waals surface area contributed by atoms with Crippen LogP contribution in [0.1, 0.15) is 44.1 Å². The van der Waals surface area contributed by atoms with Crippen LogP contribution in [-0.4, -0.2) is 13.1 Å². The predicted octanol–water partition coefficient (Wildman–Crippen LogP) is 5.35. The van der Waals surface area contributed by atoms with Crippen molar-refractivity contribution in [3.8, 4) is 0 Å². The molecule has 0 radical (unpaired) electrons. The van der Waals surface area contributed by atoms with Crippen LogP contribution >= 0.6 is 27.5 Å². The molecule has 1 nitrogen and oxygen atoms in total. The Balaban J connectivity index is 2.20. The summed E-state index contributed by atoms with van der Waals surface area (Å²) in [6.45, 7) is 0. The minimum atomic E-state index is 0.583. The quantitative estimate of drug-likeness (QED) is 0.533. The van der Waals surface area contributed by atoms with Gasteiger partial charge in [-0.2, -0.15) is 0 Å². The second-order valence-corrected chi connectivity index (χ2v) is 6.35. The van der Waals surface area contributed by atoms with Gasteiger partial charge in [-0.05, 0) is 30.5 Å². The van der Waals surface area contributed by atoms with Crippen molar-refractivity contribution in [3.63, 3.8) is 0 Å². The summed E-state index contributed by atoms with van der Waals surface area (Å²) < 4.78 is 1.13. The highest BCUT2D eigenvalue weighted by Gasteiger charge is 2.19. The third-order valence-electron chi connectivity index (χ3n) is 3.94. The predicted molar refractivity (Wildman–Crippen MR) is 83.6 cm³/mol. The minimum absolute atomic E-state index is 0.583. The van der Waals surface area contributed by atoms with Gasteiger partial charge in [-0.3, -0.25) is 0 Å². The topological polar surface area (TPSA) is 3.24 Å². The van der Waals surface area contributed by atoms with Crippen molar-refractivity contribution in [3.05, 3.63) is 28.2 Å². The molecule has 1 saturated carbocycles. The van der Waals surface area contributed by atoms with Gasteiger partial charge in [0.05, 0.1) is 0 Å². The molecular formula is C15H21BrClN. The molecular weight excluding hydrogens is 310 g/mol. The summed E-state index contributed by atoms with van der Waals surface area (Å²) in [5, 5.41) is 0. The van der Waals surface area contributed by atoms with Crippen LogP contribution in [-0.2, 0) is 5.88 Å². The van der Waals surface area contributed by atoms with E-state index in [4.69, 9.17) is 11.6 Å². The second kappa shape index (κ2) is 6.81. The first kappa shape index (κ1) is 14.2. The van der Waals surface area contributed by atoms with E-state index in [9.17, 15) is 0 Å². The lowest BCUT2D eigenvalue weighted by molar-refractivity contribution is 0.552. The summed E-state index contributed by atoms with van der Waals surface area (Å²) in [4.78, 5) is 2.44. The molecule has 0 N–H and O–H groups in total. The SMILES string of the molecule is CN(c1cc(Br)ccc1CCl)C1CCCCCC1. The normalized spacial score (nSPS) is 17.5. The van der Waals surface area contributed by atoms with Crippen LogP contribution in [0.2, 0.25) is 0 Å². The van der Waals surface area contributed by atoms with Crippen LogP contribution in [0.15, 0.2) is 22.7 Å². The van der Waals surface area contributed by atoms with Gasteiger partial charge in [0.25, 0.3) is 0 Å². The highest BCUT2D eigenvalue weighted by Crippen LogP contribution is 2.30. The maximum absolute atomic E-state index is 6.06. The van der Waals surface area contributed by atoms with Crippen molar-refractivity contribution in [1.29, 1.82) is 0 Å². The number of alkyl halides is 1. The summed E-state index contributed by atoms with van der Waals surface area (Å²) in [5.41, 5.74) is 2.51. The van der Waals surface area contributed by atoms with Crippen molar-refractivity contribution in [1.82, 2.24) is 0 Å². The van der Waals surface area contributed by atoms with E-state index in [2.05, 4.69) is 46.1 Å². The molecule has 1 aliphatic carbocycles. The average molecular weight is 331 g/mol. The molecule has 1 aromatic rings. The molecule has 0 atom stereocenters. The highest BCUT2D eigenvalue weighted by atomic mass is 79.9. The van der Waals surface area contributed by atoms with Crippen molar-refractivity contribution >= 4 is 33.2 Å². The number of anilines is 1. The lowest BCUT2D eigenvalue weighted by atomic mass is 10.1. The molecule has 2 rings (SSSR count). The van der Waals surface area contributed by atoms with Crippen LogP contribution in [0.25, 0.3) is 0 Å². The van der Waals surface area contributed by atoms with Gasteiger partial charge >= 0.3 is 0 Å². The zero-order valence-corrected chi connectivity index (χ0v) is 13.3. The van der Waals surface area contributed by atoms with Crippen molar-refractivity contribution in [2.45, 2.75) is 50.4 Å². The molecule has 1 aromatic carbocycles. The van der Waals surface area contributed by atoms with Crippen LogP contribution in [0.3, 0.4) is 0 Å². The zero-order chi connectivity index (χ0) is 13.0. The first-order chi connectivity index (χ1) is 8.72. The molecule has 0 saturated heterocycles. The van der Waals surface area contributed by atoms with Crippen molar-refractivity contribution in [2.75, 3.05) is 11.9 Å². The Kier molecular flexibility index (Phi) is 5.38. The number of nitrogens with zero attached hydrogens (tertiary/aromatic N) is 1. The van der Waals surface area contributed by atoms with E-state index in [1.807, 2.05) is 0 Å². The summed E-state index contributed by atoms with van der Waals surface area (Å²) in [5.74, 6) is 0.583.